The fourth-order valence-corrected chi connectivity index (χ4v) is 6.41. The standard InChI is InChI=1S/C26H36N8O4S/c1-4-7-8-11-33-24-22(25-30-27-18-34(25)26(33)35)28-23(29-24)20-17-19(9-10-21(20)38-16-5-2)39(36,37)32-14-12-31(6-3)13-15-32/h9-10,17-18H,4-8,11-16H2,1-3H3,(H,28,29). The molecule has 1 aromatic carbocycles. The number of sulfonamides is 1. The van der Waals surface area contributed by atoms with Crippen molar-refractivity contribution in [2.75, 3.05) is 39.3 Å². The van der Waals surface area contributed by atoms with E-state index in [0.717, 1.165) is 32.2 Å². The van der Waals surface area contributed by atoms with Crippen molar-refractivity contribution in [3.63, 3.8) is 0 Å². The summed E-state index contributed by atoms with van der Waals surface area (Å²) < 4.78 is 37.8. The van der Waals surface area contributed by atoms with Gasteiger partial charge in [-0.15, -0.1) is 10.2 Å². The molecule has 39 heavy (non-hydrogen) atoms. The topological polar surface area (TPSA) is 131 Å². The summed E-state index contributed by atoms with van der Waals surface area (Å²) in [4.78, 5) is 23.8. The monoisotopic (exact) mass is 556 g/mol. The van der Waals surface area contributed by atoms with Crippen molar-refractivity contribution in [2.24, 2.45) is 0 Å². The summed E-state index contributed by atoms with van der Waals surface area (Å²) in [5, 5.41) is 8.08. The lowest BCUT2D eigenvalue weighted by Gasteiger charge is -2.33. The lowest BCUT2D eigenvalue weighted by Crippen LogP contribution is -2.48. The van der Waals surface area contributed by atoms with E-state index in [-0.39, 0.29) is 10.6 Å². The summed E-state index contributed by atoms with van der Waals surface area (Å²) in [5.74, 6) is 0.923. The first kappa shape index (κ1) is 27.3. The van der Waals surface area contributed by atoms with Gasteiger partial charge in [-0.25, -0.2) is 22.6 Å². The minimum Gasteiger partial charge on any atom is -0.493 e. The lowest BCUT2D eigenvalue weighted by molar-refractivity contribution is 0.196. The van der Waals surface area contributed by atoms with Gasteiger partial charge in [-0.3, -0.25) is 4.57 Å². The highest BCUT2D eigenvalue weighted by molar-refractivity contribution is 7.89. The van der Waals surface area contributed by atoms with Crippen LogP contribution in [0.15, 0.2) is 34.2 Å². The quantitative estimate of drug-likeness (QED) is 0.279. The number of hydrogen-bond donors (Lipinski definition) is 1. The van der Waals surface area contributed by atoms with Crippen LogP contribution < -0.4 is 10.4 Å². The van der Waals surface area contributed by atoms with Crippen LogP contribution in [0.25, 0.3) is 28.2 Å². The number of aromatic nitrogens is 6. The predicted octanol–water partition coefficient (Wildman–Crippen LogP) is 2.74. The number of piperazine rings is 1. The molecule has 0 radical (unpaired) electrons. The summed E-state index contributed by atoms with van der Waals surface area (Å²) >= 11 is 0. The molecule has 1 aliphatic heterocycles. The Kier molecular flexibility index (Phi) is 8.01. The molecule has 3 aromatic heterocycles. The van der Waals surface area contributed by atoms with E-state index in [1.807, 2.05) is 6.92 Å². The van der Waals surface area contributed by atoms with Gasteiger partial charge in [0.25, 0.3) is 0 Å². The number of hydrogen-bond acceptors (Lipinski definition) is 8. The second-order valence-corrected chi connectivity index (χ2v) is 11.7. The number of rotatable bonds is 11. The number of imidazole rings is 1. The number of likely N-dealkylation sites (N-methyl/N-ethyl adjacent to an activating group) is 1. The number of unbranched alkanes of at least 4 members (excludes halogenated alkanes) is 2. The van der Waals surface area contributed by atoms with E-state index in [9.17, 15) is 13.2 Å². The molecule has 0 aliphatic carbocycles. The van der Waals surface area contributed by atoms with Gasteiger partial charge < -0.3 is 14.6 Å². The smallest absolute Gasteiger partial charge is 0.336 e. The van der Waals surface area contributed by atoms with Gasteiger partial charge in [-0.2, -0.15) is 4.31 Å². The highest BCUT2D eigenvalue weighted by atomic mass is 32.2. The van der Waals surface area contributed by atoms with Crippen LogP contribution in [0.2, 0.25) is 0 Å². The van der Waals surface area contributed by atoms with E-state index < -0.39 is 10.0 Å². The van der Waals surface area contributed by atoms with Gasteiger partial charge in [0, 0.05) is 32.7 Å². The number of ether oxygens (including phenoxy) is 1. The van der Waals surface area contributed by atoms with Crippen LogP contribution in [0.4, 0.5) is 0 Å². The van der Waals surface area contributed by atoms with Crippen LogP contribution in [0.1, 0.15) is 46.5 Å². The normalized spacial score (nSPS) is 15.5. The third kappa shape index (κ3) is 5.18. The molecule has 0 amide bonds. The maximum atomic E-state index is 13.6. The number of benzene rings is 1. The SMILES string of the molecule is CCCCCn1c(=O)n2cnnc2c2[nH]c(-c3cc(S(=O)(=O)N4CCN(CC)CC4)ccc3OCCC)nc21. The minimum absolute atomic E-state index is 0.180. The van der Waals surface area contributed by atoms with Crippen molar-refractivity contribution < 1.29 is 13.2 Å². The Labute approximate surface area is 227 Å². The summed E-state index contributed by atoms with van der Waals surface area (Å²) in [6, 6.07) is 4.90. The van der Waals surface area contributed by atoms with E-state index in [0.29, 0.717) is 73.3 Å². The fraction of sp³-hybridized carbons (Fsp3) is 0.538. The van der Waals surface area contributed by atoms with Crippen molar-refractivity contribution in [3.8, 4) is 17.1 Å². The molecule has 4 heterocycles. The predicted molar refractivity (Wildman–Crippen MR) is 149 cm³/mol. The van der Waals surface area contributed by atoms with Gasteiger partial charge in [0.15, 0.2) is 11.3 Å². The van der Waals surface area contributed by atoms with Crippen LogP contribution in [-0.4, -0.2) is 86.1 Å². The molecule has 0 atom stereocenters. The molecule has 1 saturated heterocycles. The van der Waals surface area contributed by atoms with Gasteiger partial charge in [-0.1, -0.05) is 33.6 Å². The summed E-state index contributed by atoms with van der Waals surface area (Å²) in [6.45, 7) is 10.3. The maximum absolute atomic E-state index is 13.6. The molecule has 0 bridgehead atoms. The molecular formula is C26H36N8O4S. The van der Waals surface area contributed by atoms with E-state index in [1.54, 1.807) is 22.8 Å². The van der Waals surface area contributed by atoms with Crippen molar-refractivity contribution >= 4 is 26.8 Å². The number of fused-ring (bicyclic) bond motifs is 3. The number of nitrogens with zero attached hydrogens (tertiary/aromatic N) is 7. The number of aryl methyl sites for hydroxylation is 1. The molecule has 5 rings (SSSR count). The Bertz CT molecular complexity index is 1620. The minimum atomic E-state index is -3.72. The van der Waals surface area contributed by atoms with Crippen molar-refractivity contribution in [2.45, 2.75) is 57.9 Å². The molecule has 210 valence electrons. The molecule has 13 heteroatoms. The molecule has 0 spiro atoms. The van der Waals surface area contributed by atoms with Crippen molar-refractivity contribution in [1.29, 1.82) is 0 Å². The van der Waals surface area contributed by atoms with Crippen LogP contribution in [-0.2, 0) is 16.6 Å². The van der Waals surface area contributed by atoms with Crippen LogP contribution in [0.5, 0.6) is 5.75 Å². The van der Waals surface area contributed by atoms with Gasteiger partial charge in [-0.05, 0) is 37.6 Å². The largest absolute Gasteiger partial charge is 0.493 e. The van der Waals surface area contributed by atoms with Gasteiger partial charge in [0.2, 0.25) is 10.0 Å². The Morgan fingerprint density at radius 3 is 2.54 bits per heavy atom. The van der Waals surface area contributed by atoms with E-state index in [1.165, 1.54) is 15.0 Å². The molecule has 0 saturated carbocycles. The van der Waals surface area contributed by atoms with E-state index in [4.69, 9.17) is 9.72 Å². The summed E-state index contributed by atoms with van der Waals surface area (Å²) in [7, 11) is -3.72. The Morgan fingerprint density at radius 1 is 1.03 bits per heavy atom. The van der Waals surface area contributed by atoms with Gasteiger partial charge in [0.05, 0.1) is 17.1 Å². The summed E-state index contributed by atoms with van der Waals surface area (Å²) in [5.41, 5.74) is 1.63. The Hall–Kier alpha value is -3.29. The zero-order valence-electron chi connectivity index (χ0n) is 22.8. The van der Waals surface area contributed by atoms with Crippen LogP contribution in [0.3, 0.4) is 0 Å². The molecule has 1 fully saturated rings. The molecule has 0 unspecified atom stereocenters. The average Bonchev–Trinajstić information content (AvgIpc) is 3.62. The number of aromatic amines is 1. The maximum Gasteiger partial charge on any atom is 0.336 e. The third-order valence-electron chi connectivity index (χ3n) is 7.22. The average molecular weight is 557 g/mol. The molecule has 12 nitrogen and oxygen atoms in total. The zero-order chi connectivity index (χ0) is 27.6. The highest BCUT2D eigenvalue weighted by Crippen LogP contribution is 2.33. The third-order valence-corrected chi connectivity index (χ3v) is 9.11. The lowest BCUT2D eigenvalue weighted by atomic mass is 10.2. The second kappa shape index (κ2) is 11.4. The number of nitrogens with one attached hydrogen (secondary N) is 1. The first-order valence-corrected chi connectivity index (χ1v) is 15.1. The first-order chi connectivity index (χ1) is 18.9. The van der Waals surface area contributed by atoms with E-state index in [2.05, 4.69) is 33.9 Å². The Morgan fingerprint density at radius 2 is 1.82 bits per heavy atom. The van der Waals surface area contributed by atoms with Crippen LogP contribution in [0, 0.1) is 0 Å². The van der Waals surface area contributed by atoms with Crippen LogP contribution >= 0.6 is 0 Å². The number of H-pyrrole nitrogens is 1. The highest BCUT2D eigenvalue weighted by Gasteiger charge is 2.29. The van der Waals surface area contributed by atoms with Gasteiger partial charge >= 0.3 is 5.69 Å². The first-order valence-electron chi connectivity index (χ1n) is 13.7. The second-order valence-electron chi connectivity index (χ2n) is 9.79. The molecule has 4 aromatic rings. The Balaban J connectivity index is 1.62. The molecule has 1 aliphatic rings. The van der Waals surface area contributed by atoms with Gasteiger partial charge in [0.1, 0.15) is 23.4 Å². The van der Waals surface area contributed by atoms with Crippen molar-refractivity contribution in [1.82, 2.24) is 38.3 Å². The van der Waals surface area contributed by atoms with Crippen molar-refractivity contribution in [3.05, 3.63) is 35.0 Å². The summed E-state index contributed by atoms with van der Waals surface area (Å²) in [6.07, 6.45) is 5.01. The molecule has 1 N–H and O–H groups in total. The fourth-order valence-electron chi connectivity index (χ4n) is 4.96. The zero-order valence-corrected chi connectivity index (χ0v) is 23.6. The van der Waals surface area contributed by atoms with E-state index >= 15 is 0 Å². The molecular weight excluding hydrogens is 520 g/mol.